The van der Waals surface area contributed by atoms with E-state index in [-0.39, 0.29) is 29.1 Å². The van der Waals surface area contributed by atoms with Gasteiger partial charge in [-0.15, -0.1) is 0 Å². The van der Waals surface area contributed by atoms with Gasteiger partial charge >= 0.3 is 0 Å². The van der Waals surface area contributed by atoms with Crippen LogP contribution in [0, 0.1) is 29.1 Å². The van der Waals surface area contributed by atoms with E-state index >= 15 is 0 Å². The van der Waals surface area contributed by atoms with Crippen LogP contribution in [0.5, 0.6) is 17.2 Å². The van der Waals surface area contributed by atoms with Crippen LogP contribution in [0.2, 0.25) is 0 Å². The Balaban J connectivity index is 1.77. The molecule has 2 amide bonds. The van der Waals surface area contributed by atoms with Crippen molar-refractivity contribution in [3.8, 4) is 17.2 Å². The quantitative estimate of drug-likeness (QED) is 0.474. The Morgan fingerprint density at radius 2 is 1.61 bits per heavy atom. The second-order valence-electron chi connectivity index (χ2n) is 12.2. The highest BCUT2D eigenvalue weighted by molar-refractivity contribution is 6.13. The van der Waals surface area contributed by atoms with Crippen LogP contribution in [0.15, 0.2) is 35.4 Å². The number of allylic oxidation sites excluding steroid dienone is 4. The first-order chi connectivity index (χ1) is 17.8. The molecule has 1 heterocycles. The van der Waals surface area contributed by atoms with Crippen LogP contribution in [-0.2, 0) is 19.2 Å². The van der Waals surface area contributed by atoms with Gasteiger partial charge in [-0.3, -0.25) is 24.1 Å². The van der Waals surface area contributed by atoms with E-state index < -0.39 is 40.5 Å². The minimum absolute atomic E-state index is 0.0614. The van der Waals surface area contributed by atoms with Crippen LogP contribution in [-0.4, -0.2) is 53.1 Å². The monoisotopic (exact) mass is 521 g/mol. The van der Waals surface area contributed by atoms with Crippen LogP contribution >= 0.6 is 0 Å². The zero-order chi connectivity index (χ0) is 27.9. The van der Waals surface area contributed by atoms with E-state index in [0.717, 1.165) is 5.57 Å². The predicted molar refractivity (Wildman–Crippen MR) is 139 cm³/mol. The zero-order valence-corrected chi connectivity index (χ0v) is 23.0. The molecule has 0 unspecified atom stereocenters. The van der Waals surface area contributed by atoms with Crippen molar-refractivity contribution in [3.05, 3.63) is 41.0 Å². The molecular weight excluding hydrogens is 486 g/mol. The lowest BCUT2D eigenvalue weighted by Gasteiger charge is -2.54. The van der Waals surface area contributed by atoms with E-state index in [0.29, 0.717) is 35.5 Å². The number of aromatic hydroxyl groups is 1. The van der Waals surface area contributed by atoms with Crippen molar-refractivity contribution in [2.75, 3.05) is 14.2 Å². The van der Waals surface area contributed by atoms with Crippen LogP contribution < -0.4 is 9.47 Å². The maximum Gasteiger partial charge on any atom is 0.234 e. The molecule has 0 spiro atoms. The van der Waals surface area contributed by atoms with Crippen molar-refractivity contribution in [1.82, 2.24) is 4.90 Å². The first-order valence-corrected chi connectivity index (χ1v) is 13.1. The SMILES string of the molecule is COc1cc(O)cc(OC)c1[C@H]1C2=CC[C@@H]3C(=O)N(C(C)(C)C)C(=O)[C@@H]3[C@@H]2C[C@H]2C(=O)C=C(C)C(=O)[C@@]12C. The summed E-state index contributed by atoms with van der Waals surface area (Å²) in [7, 11) is 2.95. The zero-order valence-electron chi connectivity index (χ0n) is 23.0. The Hall–Kier alpha value is -3.42. The van der Waals surface area contributed by atoms with Gasteiger partial charge in [0.2, 0.25) is 11.8 Å². The number of ether oxygens (including phenoxy) is 2. The van der Waals surface area contributed by atoms with Crippen molar-refractivity contribution in [3.63, 3.8) is 0 Å². The minimum Gasteiger partial charge on any atom is -0.508 e. The molecule has 5 rings (SSSR count). The normalized spacial score (nSPS) is 32.8. The highest BCUT2D eigenvalue weighted by Crippen LogP contribution is 2.64. The molecule has 8 nitrogen and oxygen atoms in total. The fraction of sp³-hybridized carbons (Fsp3) is 0.533. The van der Waals surface area contributed by atoms with E-state index in [1.807, 2.05) is 33.8 Å². The van der Waals surface area contributed by atoms with Crippen molar-refractivity contribution in [2.45, 2.75) is 58.9 Å². The Labute approximate surface area is 222 Å². The third-order valence-corrected chi connectivity index (χ3v) is 9.13. The number of benzene rings is 1. The molecule has 1 N–H and O–H groups in total. The molecule has 8 heteroatoms. The number of rotatable bonds is 3. The van der Waals surface area contributed by atoms with Crippen LogP contribution in [0.3, 0.4) is 0 Å². The lowest BCUT2D eigenvalue weighted by Crippen LogP contribution is -2.55. The van der Waals surface area contributed by atoms with Gasteiger partial charge in [0.05, 0.1) is 31.5 Å². The number of ketones is 2. The second kappa shape index (κ2) is 8.55. The number of imide groups is 1. The maximum atomic E-state index is 14.0. The van der Waals surface area contributed by atoms with Gasteiger partial charge in [-0.25, -0.2) is 0 Å². The smallest absolute Gasteiger partial charge is 0.234 e. The van der Waals surface area contributed by atoms with Crippen LogP contribution in [0.1, 0.15) is 58.9 Å². The standard InChI is InChI=1S/C30H35NO7/c1-14-10-20(33)19-13-18-16(8-9-17-23(18)28(36)31(27(17)35)29(2,3)4)25(30(19,5)26(14)34)24-21(37-6)11-15(32)12-22(24)38-7/h8,10-12,17-19,23,25,32H,9,13H2,1-7H3/t17-,18+,19-,23-,25+,30+/m0/s1. The van der Waals surface area contributed by atoms with Gasteiger partial charge in [0.15, 0.2) is 11.6 Å². The van der Waals surface area contributed by atoms with Crippen molar-refractivity contribution < 1.29 is 33.8 Å². The van der Waals surface area contributed by atoms with E-state index in [1.165, 1.54) is 37.3 Å². The predicted octanol–water partition coefficient (Wildman–Crippen LogP) is 3.96. The summed E-state index contributed by atoms with van der Waals surface area (Å²) in [4.78, 5) is 56.2. The third-order valence-electron chi connectivity index (χ3n) is 9.13. The number of phenolic OH excluding ortho intramolecular Hbond substituents is 1. The molecule has 4 aliphatic rings. The van der Waals surface area contributed by atoms with Crippen molar-refractivity contribution >= 4 is 23.4 Å². The summed E-state index contributed by atoms with van der Waals surface area (Å²) in [6.07, 6.45) is 4.07. The lowest BCUT2D eigenvalue weighted by molar-refractivity contribution is -0.146. The molecule has 1 aromatic rings. The Morgan fingerprint density at radius 3 is 2.16 bits per heavy atom. The number of likely N-dealkylation sites (tertiary alicyclic amines) is 1. The summed E-state index contributed by atoms with van der Waals surface area (Å²) in [6, 6.07) is 2.94. The van der Waals surface area contributed by atoms with Crippen LogP contribution in [0.4, 0.5) is 0 Å². The number of methoxy groups -OCH3 is 2. The number of amides is 2. The van der Waals surface area contributed by atoms with E-state index in [2.05, 4.69) is 0 Å². The van der Waals surface area contributed by atoms with Gasteiger partial charge in [-0.2, -0.15) is 0 Å². The van der Waals surface area contributed by atoms with Gasteiger partial charge in [-0.1, -0.05) is 18.6 Å². The summed E-state index contributed by atoms with van der Waals surface area (Å²) >= 11 is 0. The molecule has 1 aliphatic heterocycles. The van der Waals surface area contributed by atoms with Gasteiger partial charge < -0.3 is 14.6 Å². The molecule has 2 fully saturated rings. The summed E-state index contributed by atoms with van der Waals surface area (Å²) in [5, 5.41) is 10.3. The summed E-state index contributed by atoms with van der Waals surface area (Å²) < 4.78 is 11.4. The molecule has 1 saturated heterocycles. The third kappa shape index (κ3) is 3.41. The number of nitrogens with zero attached hydrogens (tertiary/aromatic N) is 1. The van der Waals surface area contributed by atoms with Crippen molar-refractivity contribution in [2.24, 2.45) is 29.1 Å². The van der Waals surface area contributed by atoms with Gasteiger partial charge in [-0.05, 0) is 58.1 Å². The summed E-state index contributed by atoms with van der Waals surface area (Å²) in [6.45, 7) is 9.01. The highest BCUT2D eigenvalue weighted by atomic mass is 16.5. The average Bonchev–Trinajstić information content (AvgIpc) is 3.11. The summed E-state index contributed by atoms with van der Waals surface area (Å²) in [5.74, 6) is -3.00. The number of carbonyl (C=O) groups is 4. The number of hydrogen-bond donors (Lipinski definition) is 1. The van der Waals surface area contributed by atoms with E-state index in [9.17, 15) is 24.3 Å². The largest absolute Gasteiger partial charge is 0.508 e. The average molecular weight is 522 g/mol. The molecular formula is C30H35NO7. The van der Waals surface area contributed by atoms with Gasteiger partial charge in [0.1, 0.15) is 17.2 Å². The van der Waals surface area contributed by atoms with Gasteiger partial charge in [0, 0.05) is 35.1 Å². The summed E-state index contributed by atoms with van der Waals surface area (Å²) in [5.41, 5.74) is -0.0594. The van der Waals surface area contributed by atoms with E-state index in [4.69, 9.17) is 9.47 Å². The minimum atomic E-state index is -1.17. The molecule has 0 aromatic heterocycles. The number of phenols is 1. The maximum absolute atomic E-state index is 14.0. The van der Waals surface area contributed by atoms with Crippen LogP contribution in [0.25, 0.3) is 0 Å². The number of hydrogen-bond acceptors (Lipinski definition) is 7. The van der Waals surface area contributed by atoms with Crippen molar-refractivity contribution in [1.29, 1.82) is 0 Å². The highest BCUT2D eigenvalue weighted by Gasteiger charge is 2.64. The lowest BCUT2D eigenvalue weighted by atomic mass is 9.47. The molecule has 38 heavy (non-hydrogen) atoms. The van der Waals surface area contributed by atoms with Gasteiger partial charge in [0.25, 0.3) is 0 Å². The molecule has 1 saturated carbocycles. The fourth-order valence-corrected chi connectivity index (χ4v) is 7.57. The number of fused-ring (bicyclic) bond motifs is 4. The molecule has 0 bridgehead atoms. The molecule has 6 atom stereocenters. The Morgan fingerprint density at radius 1 is 1.00 bits per heavy atom. The Kier molecular flexibility index (Phi) is 5.89. The molecule has 1 aromatic carbocycles. The molecule has 0 radical (unpaired) electrons. The molecule has 3 aliphatic carbocycles. The first kappa shape index (κ1) is 26.2. The second-order valence-corrected chi connectivity index (χ2v) is 12.2. The fourth-order valence-electron chi connectivity index (χ4n) is 7.57. The number of carbonyl (C=O) groups excluding carboxylic acids is 4. The molecule has 202 valence electrons. The Bertz CT molecular complexity index is 1310. The first-order valence-electron chi connectivity index (χ1n) is 13.1. The number of Topliss-reactive ketones (excluding diaryl/α,β-unsaturated/α-hetero) is 1. The topological polar surface area (TPSA) is 110 Å². The van der Waals surface area contributed by atoms with E-state index in [1.54, 1.807) is 6.92 Å².